The summed E-state index contributed by atoms with van der Waals surface area (Å²) in [7, 11) is 0. The van der Waals surface area contributed by atoms with Gasteiger partial charge in [-0.15, -0.1) is 0 Å². The number of halogens is 2. The average molecular weight is 389 g/mol. The summed E-state index contributed by atoms with van der Waals surface area (Å²) in [6.45, 7) is 0. The van der Waals surface area contributed by atoms with Crippen molar-refractivity contribution in [2.45, 2.75) is 25.2 Å². The SMILES string of the molecule is N#Cc1c(I)cnc(C2C=CCCC2)c1Br. The van der Waals surface area contributed by atoms with Crippen molar-refractivity contribution in [3.05, 3.63) is 37.6 Å². The lowest BCUT2D eigenvalue weighted by Crippen LogP contribution is -2.05. The van der Waals surface area contributed by atoms with Gasteiger partial charge in [0.2, 0.25) is 0 Å². The van der Waals surface area contributed by atoms with Crippen LogP contribution in [0.1, 0.15) is 36.4 Å². The Morgan fingerprint density at radius 1 is 1.56 bits per heavy atom. The third-order valence-corrected chi connectivity index (χ3v) is 4.34. The molecule has 1 unspecified atom stereocenters. The van der Waals surface area contributed by atoms with E-state index in [1.165, 1.54) is 6.42 Å². The monoisotopic (exact) mass is 388 g/mol. The maximum Gasteiger partial charge on any atom is 0.102 e. The number of rotatable bonds is 1. The van der Waals surface area contributed by atoms with Crippen molar-refractivity contribution in [2.75, 3.05) is 0 Å². The van der Waals surface area contributed by atoms with Gasteiger partial charge in [0.15, 0.2) is 0 Å². The second-order valence-electron chi connectivity index (χ2n) is 3.76. The molecule has 0 spiro atoms. The average Bonchev–Trinajstić information content (AvgIpc) is 2.31. The molecule has 1 aromatic rings. The summed E-state index contributed by atoms with van der Waals surface area (Å²) in [6.07, 6.45) is 9.65. The van der Waals surface area contributed by atoms with E-state index in [4.69, 9.17) is 5.26 Å². The van der Waals surface area contributed by atoms with E-state index < -0.39 is 0 Å². The second kappa shape index (κ2) is 5.28. The minimum absolute atomic E-state index is 0.354. The molecule has 1 aliphatic rings. The third kappa shape index (κ3) is 2.30. The van der Waals surface area contributed by atoms with Gasteiger partial charge in [-0.1, -0.05) is 12.2 Å². The first-order chi connectivity index (χ1) is 7.74. The molecule has 0 radical (unpaired) electrons. The fraction of sp³-hybridized carbons (Fsp3) is 0.333. The van der Waals surface area contributed by atoms with Crippen LogP contribution in [-0.4, -0.2) is 4.98 Å². The van der Waals surface area contributed by atoms with Crippen LogP contribution >= 0.6 is 38.5 Å². The minimum atomic E-state index is 0.354. The molecule has 2 rings (SSSR count). The van der Waals surface area contributed by atoms with Crippen LogP contribution in [-0.2, 0) is 0 Å². The van der Waals surface area contributed by atoms with E-state index in [2.05, 4.69) is 61.7 Å². The van der Waals surface area contributed by atoms with Gasteiger partial charge in [0.05, 0.1) is 19.3 Å². The van der Waals surface area contributed by atoms with Crippen molar-refractivity contribution in [1.29, 1.82) is 5.26 Å². The lowest BCUT2D eigenvalue weighted by Gasteiger charge is -2.17. The van der Waals surface area contributed by atoms with Crippen LogP contribution in [0.4, 0.5) is 0 Å². The van der Waals surface area contributed by atoms with Crippen molar-refractivity contribution in [3.8, 4) is 6.07 Å². The van der Waals surface area contributed by atoms with Crippen LogP contribution in [0.15, 0.2) is 22.8 Å². The van der Waals surface area contributed by atoms with Crippen molar-refractivity contribution >= 4 is 38.5 Å². The van der Waals surface area contributed by atoms with Crippen LogP contribution in [0, 0.1) is 14.9 Å². The number of allylic oxidation sites excluding steroid dienone is 2. The number of pyridine rings is 1. The number of hydrogen-bond acceptors (Lipinski definition) is 2. The highest BCUT2D eigenvalue weighted by Crippen LogP contribution is 2.34. The van der Waals surface area contributed by atoms with Gasteiger partial charge in [0.1, 0.15) is 6.07 Å². The lowest BCUT2D eigenvalue weighted by atomic mass is 9.92. The molecule has 1 aliphatic carbocycles. The van der Waals surface area contributed by atoms with Crippen molar-refractivity contribution in [2.24, 2.45) is 0 Å². The van der Waals surface area contributed by atoms with Gasteiger partial charge in [-0.3, -0.25) is 4.98 Å². The lowest BCUT2D eigenvalue weighted by molar-refractivity contribution is 0.638. The van der Waals surface area contributed by atoms with Crippen LogP contribution in [0.3, 0.4) is 0 Å². The van der Waals surface area contributed by atoms with Crippen LogP contribution in [0.25, 0.3) is 0 Å². The Kier molecular flexibility index (Phi) is 3.98. The zero-order valence-corrected chi connectivity index (χ0v) is 12.3. The molecule has 1 heterocycles. The molecule has 0 saturated carbocycles. The van der Waals surface area contributed by atoms with Gasteiger partial charge in [0.25, 0.3) is 0 Å². The van der Waals surface area contributed by atoms with E-state index in [9.17, 15) is 0 Å². The second-order valence-corrected chi connectivity index (χ2v) is 5.71. The van der Waals surface area contributed by atoms with E-state index in [-0.39, 0.29) is 0 Å². The summed E-state index contributed by atoms with van der Waals surface area (Å²) in [4.78, 5) is 4.45. The van der Waals surface area contributed by atoms with Gasteiger partial charge in [0, 0.05) is 12.1 Å². The number of aromatic nitrogens is 1. The van der Waals surface area contributed by atoms with Crippen LogP contribution < -0.4 is 0 Å². The molecule has 0 N–H and O–H groups in total. The highest BCUT2D eigenvalue weighted by molar-refractivity contribution is 14.1. The topological polar surface area (TPSA) is 36.7 Å². The molecular weight excluding hydrogens is 379 g/mol. The van der Waals surface area contributed by atoms with E-state index in [0.29, 0.717) is 11.5 Å². The number of nitrogens with zero attached hydrogens (tertiary/aromatic N) is 2. The zero-order chi connectivity index (χ0) is 11.5. The van der Waals surface area contributed by atoms with Gasteiger partial charge < -0.3 is 0 Å². The maximum atomic E-state index is 9.09. The highest BCUT2D eigenvalue weighted by atomic mass is 127. The molecule has 0 saturated heterocycles. The Morgan fingerprint density at radius 3 is 3.00 bits per heavy atom. The maximum absolute atomic E-state index is 9.09. The number of nitriles is 1. The highest BCUT2D eigenvalue weighted by Gasteiger charge is 2.18. The summed E-state index contributed by atoms with van der Waals surface area (Å²) in [5, 5.41) is 9.09. The molecule has 1 atom stereocenters. The van der Waals surface area contributed by atoms with Gasteiger partial charge in [-0.05, 0) is 57.8 Å². The summed E-state index contributed by atoms with van der Waals surface area (Å²) in [5.74, 6) is 0.354. The van der Waals surface area contributed by atoms with Crippen LogP contribution in [0.5, 0.6) is 0 Å². The predicted octanol–water partition coefficient (Wildman–Crippen LogP) is 4.14. The molecule has 0 aliphatic heterocycles. The molecule has 82 valence electrons. The third-order valence-electron chi connectivity index (χ3n) is 2.72. The van der Waals surface area contributed by atoms with Crippen LogP contribution in [0.2, 0.25) is 0 Å². The fourth-order valence-electron chi connectivity index (χ4n) is 1.88. The first kappa shape index (κ1) is 12.1. The predicted molar refractivity (Wildman–Crippen MR) is 75.1 cm³/mol. The first-order valence-electron chi connectivity index (χ1n) is 5.14. The standard InChI is InChI=1S/C12H10BrIN2/c13-11-9(6-15)10(14)7-16-12(11)8-4-2-1-3-5-8/h2,4,7-8H,1,3,5H2. The summed E-state index contributed by atoms with van der Waals surface area (Å²) in [5.41, 5.74) is 1.69. The molecular formula is C12H10BrIN2. The summed E-state index contributed by atoms with van der Waals surface area (Å²) in [6, 6.07) is 2.22. The van der Waals surface area contributed by atoms with E-state index in [1.54, 1.807) is 6.20 Å². The molecule has 0 fully saturated rings. The molecule has 0 bridgehead atoms. The van der Waals surface area contributed by atoms with E-state index >= 15 is 0 Å². The smallest absolute Gasteiger partial charge is 0.102 e. The van der Waals surface area contributed by atoms with Crippen molar-refractivity contribution in [3.63, 3.8) is 0 Å². The number of hydrogen-bond donors (Lipinski definition) is 0. The molecule has 2 nitrogen and oxygen atoms in total. The summed E-state index contributed by atoms with van der Waals surface area (Å²) >= 11 is 5.64. The Bertz CT molecular complexity index is 477. The summed E-state index contributed by atoms with van der Waals surface area (Å²) < 4.78 is 1.76. The fourth-order valence-corrected chi connectivity index (χ4v) is 3.48. The Balaban J connectivity index is 2.46. The van der Waals surface area contributed by atoms with Gasteiger partial charge in [-0.2, -0.15) is 5.26 Å². The Morgan fingerprint density at radius 2 is 2.38 bits per heavy atom. The molecule has 0 amide bonds. The van der Waals surface area contributed by atoms with Crippen molar-refractivity contribution < 1.29 is 0 Å². The largest absolute Gasteiger partial charge is 0.258 e. The molecule has 0 aromatic carbocycles. The molecule has 1 aromatic heterocycles. The Labute approximate surface area is 117 Å². The zero-order valence-electron chi connectivity index (χ0n) is 8.58. The Hall–Kier alpha value is -0.410. The normalized spacial score (nSPS) is 19.4. The molecule has 16 heavy (non-hydrogen) atoms. The van der Waals surface area contributed by atoms with E-state index in [0.717, 1.165) is 26.6 Å². The van der Waals surface area contributed by atoms with E-state index in [1.807, 2.05) is 0 Å². The van der Waals surface area contributed by atoms with Crippen molar-refractivity contribution in [1.82, 2.24) is 4.98 Å². The van der Waals surface area contributed by atoms with Gasteiger partial charge in [-0.25, -0.2) is 0 Å². The quantitative estimate of drug-likeness (QED) is 0.535. The first-order valence-corrected chi connectivity index (χ1v) is 7.02. The van der Waals surface area contributed by atoms with Gasteiger partial charge >= 0.3 is 0 Å². The minimum Gasteiger partial charge on any atom is -0.258 e. The molecule has 4 heteroatoms.